The molecule has 0 bridgehead atoms. The lowest BCUT2D eigenvalue weighted by Gasteiger charge is -2.02. The molecule has 0 saturated heterocycles. The number of benzene rings is 1. The van der Waals surface area contributed by atoms with Gasteiger partial charge in [0.15, 0.2) is 0 Å². The first-order valence-electron chi connectivity index (χ1n) is 4.18. The molecule has 0 unspecified atom stereocenters. The molecule has 0 spiro atoms. The normalized spacial score (nSPS) is 10.5. The Labute approximate surface area is 94.5 Å². The Balaban J connectivity index is 2.61. The summed E-state index contributed by atoms with van der Waals surface area (Å²) in [6, 6.07) is 7.02. The highest BCUT2D eigenvalue weighted by Crippen LogP contribution is 2.33. The molecule has 0 fully saturated rings. The summed E-state index contributed by atoms with van der Waals surface area (Å²) in [4.78, 5) is 1.19. The Morgan fingerprint density at radius 1 is 1.36 bits per heavy atom. The summed E-state index contributed by atoms with van der Waals surface area (Å²) in [7, 11) is 0. The summed E-state index contributed by atoms with van der Waals surface area (Å²) >= 11 is 4.99. The van der Waals surface area contributed by atoms with E-state index in [1.54, 1.807) is 17.4 Å². The van der Waals surface area contributed by atoms with E-state index < -0.39 is 0 Å². The lowest BCUT2D eigenvalue weighted by atomic mass is 10.1. The minimum Gasteiger partial charge on any atom is -0.206 e. The fourth-order valence-corrected chi connectivity index (χ4v) is 2.61. The summed E-state index contributed by atoms with van der Waals surface area (Å²) in [5.74, 6) is -0.183. The zero-order valence-corrected chi connectivity index (χ0v) is 9.95. The average molecular weight is 271 g/mol. The average Bonchev–Trinajstić information content (AvgIpc) is 2.51. The van der Waals surface area contributed by atoms with E-state index in [0.29, 0.717) is 5.56 Å². The van der Waals surface area contributed by atoms with Gasteiger partial charge in [0.1, 0.15) is 5.82 Å². The highest BCUT2D eigenvalue weighted by molar-refractivity contribution is 9.10. The van der Waals surface area contributed by atoms with Gasteiger partial charge in [-0.15, -0.1) is 11.3 Å². The van der Waals surface area contributed by atoms with Crippen LogP contribution in [0.3, 0.4) is 0 Å². The summed E-state index contributed by atoms with van der Waals surface area (Å²) in [6.45, 7) is 2.02. The Kier molecular flexibility index (Phi) is 2.70. The van der Waals surface area contributed by atoms with Gasteiger partial charge in [0.2, 0.25) is 0 Å². The molecule has 3 heteroatoms. The van der Waals surface area contributed by atoms with Crippen LogP contribution in [0.15, 0.2) is 34.1 Å². The monoisotopic (exact) mass is 270 g/mol. The maximum absolute atomic E-state index is 13.5. The molecule has 1 heterocycles. The molecular formula is C11H8BrFS. The van der Waals surface area contributed by atoms with E-state index in [1.165, 1.54) is 10.9 Å². The molecule has 0 aliphatic heterocycles. The van der Waals surface area contributed by atoms with Crippen LogP contribution in [-0.2, 0) is 0 Å². The third kappa shape index (κ3) is 1.74. The van der Waals surface area contributed by atoms with Crippen LogP contribution in [0.2, 0.25) is 0 Å². The standard InChI is InChI=1S/C11H8BrFS/c1-7-5-8(6-14-7)11-9(12)3-2-4-10(11)13/h2-6H,1H3. The molecule has 0 radical (unpaired) electrons. The third-order valence-electron chi connectivity index (χ3n) is 1.98. The Morgan fingerprint density at radius 2 is 2.14 bits per heavy atom. The number of hydrogen-bond donors (Lipinski definition) is 0. The van der Waals surface area contributed by atoms with Crippen molar-refractivity contribution in [2.24, 2.45) is 0 Å². The molecule has 0 aliphatic rings. The molecule has 0 atom stereocenters. The van der Waals surface area contributed by atoms with Crippen molar-refractivity contribution in [2.75, 3.05) is 0 Å². The number of aryl methyl sites for hydroxylation is 1. The lowest BCUT2D eigenvalue weighted by molar-refractivity contribution is 0.630. The quantitative estimate of drug-likeness (QED) is 0.709. The van der Waals surface area contributed by atoms with E-state index in [1.807, 2.05) is 24.4 Å². The molecular weight excluding hydrogens is 263 g/mol. The first-order chi connectivity index (χ1) is 6.68. The SMILES string of the molecule is Cc1cc(-c2c(F)cccc2Br)cs1. The highest BCUT2D eigenvalue weighted by Gasteiger charge is 2.09. The van der Waals surface area contributed by atoms with Crippen LogP contribution in [0.5, 0.6) is 0 Å². The second-order valence-electron chi connectivity index (χ2n) is 3.04. The molecule has 0 N–H and O–H groups in total. The summed E-state index contributed by atoms with van der Waals surface area (Å²) < 4.78 is 14.3. The van der Waals surface area contributed by atoms with Gasteiger partial charge in [0, 0.05) is 14.9 Å². The minimum absolute atomic E-state index is 0.183. The van der Waals surface area contributed by atoms with Crippen molar-refractivity contribution in [1.29, 1.82) is 0 Å². The second kappa shape index (κ2) is 3.83. The van der Waals surface area contributed by atoms with E-state index >= 15 is 0 Å². The number of halogens is 2. The number of hydrogen-bond acceptors (Lipinski definition) is 1. The predicted octanol–water partition coefficient (Wildman–Crippen LogP) is 4.63. The van der Waals surface area contributed by atoms with Gasteiger partial charge in [0.05, 0.1) is 0 Å². The third-order valence-corrected chi connectivity index (χ3v) is 3.50. The molecule has 0 amide bonds. The largest absolute Gasteiger partial charge is 0.206 e. The topological polar surface area (TPSA) is 0 Å². The van der Waals surface area contributed by atoms with Crippen LogP contribution in [0.1, 0.15) is 4.88 Å². The Bertz CT molecular complexity index is 442. The van der Waals surface area contributed by atoms with Crippen molar-refractivity contribution in [2.45, 2.75) is 6.92 Å². The van der Waals surface area contributed by atoms with Crippen molar-refractivity contribution in [3.63, 3.8) is 0 Å². The van der Waals surface area contributed by atoms with E-state index in [-0.39, 0.29) is 5.82 Å². The Hall–Kier alpha value is -0.670. The molecule has 1 aromatic heterocycles. The number of thiophene rings is 1. The maximum atomic E-state index is 13.5. The van der Waals surface area contributed by atoms with E-state index in [2.05, 4.69) is 15.9 Å². The van der Waals surface area contributed by atoms with Crippen LogP contribution < -0.4 is 0 Å². The van der Waals surface area contributed by atoms with Crippen molar-refractivity contribution < 1.29 is 4.39 Å². The van der Waals surface area contributed by atoms with Gasteiger partial charge in [-0.3, -0.25) is 0 Å². The van der Waals surface area contributed by atoms with E-state index in [0.717, 1.165) is 10.0 Å². The van der Waals surface area contributed by atoms with Crippen molar-refractivity contribution in [1.82, 2.24) is 0 Å². The zero-order valence-electron chi connectivity index (χ0n) is 7.55. The molecule has 0 saturated carbocycles. The van der Waals surface area contributed by atoms with Gasteiger partial charge >= 0.3 is 0 Å². The first kappa shape index (κ1) is 9.87. The number of rotatable bonds is 1. The van der Waals surface area contributed by atoms with E-state index in [9.17, 15) is 4.39 Å². The van der Waals surface area contributed by atoms with Crippen molar-refractivity contribution in [3.05, 3.63) is 44.8 Å². The second-order valence-corrected chi connectivity index (χ2v) is 5.01. The van der Waals surface area contributed by atoms with Crippen LogP contribution in [0.25, 0.3) is 11.1 Å². The van der Waals surface area contributed by atoms with Crippen LogP contribution in [-0.4, -0.2) is 0 Å². The predicted molar refractivity (Wildman–Crippen MR) is 62.2 cm³/mol. The van der Waals surface area contributed by atoms with Gasteiger partial charge in [-0.2, -0.15) is 0 Å². The highest BCUT2D eigenvalue weighted by atomic mass is 79.9. The molecule has 72 valence electrons. The summed E-state index contributed by atoms with van der Waals surface area (Å²) in [6.07, 6.45) is 0. The van der Waals surface area contributed by atoms with Gasteiger partial charge in [0.25, 0.3) is 0 Å². The van der Waals surface area contributed by atoms with Gasteiger partial charge in [-0.25, -0.2) is 4.39 Å². The summed E-state index contributed by atoms with van der Waals surface area (Å²) in [5, 5.41) is 1.97. The smallest absolute Gasteiger partial charge is 0.132 e. The zero-order chi connectivity index (χ0) is 10.1. The molecule has 14 heavy (non-hydrogen) atoms. The maximum Gasteiger partial charge on any atom is 0.132 e. The Morgan fingerprint density at radius 3 is 2.71 bits per heavy atom. The van der Waals surface area contributed by atoms with Crippen LogP contribution in [0.4, 0.5) is 4.39 Å². The van der Waals surface area contributed by atoms with Gasteiger partial charge < -0.3 is 0 Å². The van der Waals surface area contributed by atoms with Gasteiger partial charge in [-0.1, -0.05) is 22.0 Å². The molecule has 2 aromatic rings. The summed E-state index contributed by atoms with van der Waals surface area (Å²) in [5.41, 5.74) is 1.59. The lowest BCUT2D eigenvalue weighted by Crippen LogP contribution is -1.83. The van der Waals surface area contributed by atoms with Crippen LogP contribution >= 0.6 is 27.3 Å². The molecule has 1 aromatic carbocycles. The van der Waals surface area contributed by atoms with Gasteiger partial charge in [-0.05, 0) is 36.1 Å². The van der Waals surface area contributed by atoms with E-state index in [4.69, 9.17) is 0 Å². The molecule has 2 rings (SSSR count). The van der Waals surface area contributed by atoms with Crippen LogP contribution in [0, 0.1) is 12.7 Å². The molecule has 0 nitrogen and oxygen atoms in total. The van der Waals surface area contributed by atoms with Crippen molar-refractivity contribution >= 4 is 27.3 Å². The minimum atomic E-state index is -0.183. The fraction of sp³-hybridized carbons (Fsp3) is 0.0909. The first-order valence-corrected chi connectivity index (χ1v) is 5.85. The van der Waals surface area contributed by atoms with Crippen molar-refractivity contribution in [3.8, 4) is 11.1 Å². The fourth-order valence-electron chi connectivity index (χ4n) is 1.35. The molecule has 0 aliphatic carbocycles.